The third-order valence-electron chi connectivity index (χ3n) is 3.93. The number of hydrogen-bond donors (Lipinski definition) is 0. The molecule has 0 fully saturated rings. The molecule has 0 spiro atoms. The summed E-state index contributed by atoms with van der Waals surface area (Å²) >= 11 is 0. The van der Waals surface area contributed by atoms with Gasteiger partial charge in [0.15, 0.2) is 0 Å². The molecule has 0 saturated carbocycles. The third-order valence-corrected chi connectivity index (χ3v) is 3.93. The van der Waals surface area contributed by atoms with Gasteiger partial charge in [0.25, 0.3) is 5.69 Å². The second-order valence-corrected chi connectivity index (χ2v) is 5.87. The second kappa shape index (κ2) is 6.87. The minimum absolute atomic E-state index is 0.0919. The number of aromatic nitrogens is 4. The number of alkyl halides is 3. The molecule has 0 radical (unpaired) electrons. The van der Waals surface area contributed by atoms with Crippen LogP contribution in [0.3, 0.4) is 0 Å². The van der Waals surface area contributed by atoms with Crippen LogP contribution < -0.4 is 5.69 Å². The summed E-state index contributed by atoms with van der Waals surface area (Å²) in [7, 11) is 0. The van der Waals surface area contributed by atoms with Crippen molar-refractivity contribution < 1.29 is 22.5 Å². The fourth-order valence-corrected chi connectivity index (χ4v) is 2.59. The Morgan fingerprint density at radius 2 is 1.86 bits per heavy atom. The molecule has 0 N–H and O–H groups in total. The summed E-state index contributed by atoms with van der Waals surface area (Å²) < 4.78 is 53.4. The largest absolute Gasteiger partial charge is 0.419 e. The van der Waals surface area contributed by atoms with E-state index in [9.17, 15) is 32.5 Å². The number of aryl methyl sites for hydroxylation is 1. The normalized spacial score (nSPS) is 11.6. The summed E-state index contributed by atoms with van der Waals surface area (Å²) in [5.74, 6) is -1.47. The molecule has 8 nitrogen and oxygen atoms in total. The van der Waals surface area contributed by atoms with Crippen molar-refractivity contribution in [3.63, 3.8) is 0 Å². The zero-order chi connectivity index (χ0) is 20.6. The quantitative estimate of drug-likeness (QED) is 0.383. The first-order valence-electron chi connectivity index (χ1n) is 7.72. The number of halogens is 4. The molecule has 12 heteroatoms. The molecule has 3 aromatic rings. The van der Waals surface area contributed by atoms with Gasteiger partial charge in [-0.25, -0.2) is 9.18 Å². The van der Waals surface area contributed by atoms with Crippen LogP contribution in [0.4, 0.5) is 23.2 Å². The van der Waals surface area contributed by atoms with Gasteiger partial charge in [-0.1, -0.05) is 6.07 Å². The number of hydrogen-bond acceptors (Lipinski definition) is 5. The van der Waals surface area contributed by atoms with Crippen LogP contribution in [0.1, 0.15) is 16.7 Å². The molecule has 1 heterocycles. The Labute approximate surface area is 153 Å². The van der Waals surface area contributed by atoms with Crippen LogP contribution in [0.15, 0.2) is 41.2 Å². The lowest BCUT2D eigenvalue weighted by molar-refractivity contribution is -0.385. The fraction of sp³-hybridized carbons (Fsp3) is 0.188. The zero-order valence-electron chi connectivity index (χ0n) is 14.1. The standard InChI is InChI=1S/C16H11F4N5O3/c1-9-6-10(2-5-14(9)25(27)28)8-23-15(26)24(22-21-23)11-3-4-13(17)12(7-11)16(18,19)20/h2-7H,8H2,1H3. The highest BCUT2D eigenvalue weighted by atomic mass is 19.4. The van der Waals surface area contributed by atoms with Gasteiger partial charge in [0.1, 0.15) is 5.82 Å². The summed E-state index contributed by atoms with van der Waals surface area (Å²) in [5, 5.41) is 18.0. The van der Waals surface area contributed by atoms with Gasteiger partial charge in [-0.3, -0.25) is 10.1 Å². The summed E-state index contributed by atoms with van der Waals surface area (Å²) in [6.07, 6.45) is -4.93. The molecular formula is C16H11F4N5O3. The van der Waals surface area contributed by atoms with Gasteiger partial charge in [0.2, 0.25) is 0 Å². The van der Waals surface area contributed by atoms with Crippen molar-refractivity contribution in [2.75, 3.05) is 0 Å². The van der Waals surface area contributed by atoms with E-state index in [1.54, 1.807) is 0 Å². The number of tetrazole rings is 1. The maximum Gasteiger partial charge on any atom is 0.419 e. The summed E-state index contributed by atoms with van der Waals surface area (Å²) in [5.41, 5.74) is -1.90. The Bertz CT molecular complexity index is 1120. The molecule has 28 heavy (non-hydrogen) atoms. The van der Waals surface area contributed by atoms with E-state index in [0.29, 0.717) is 27.9 Å². The zero-order valence-corrected chi connectivity index (χ0v) is 14.1. The van der Waals surface area contributed by atoms with Gasteiger partial charge >= 0.3 is 11.9 Å². The Morgan fingerprint density at radius 1 is 1.14 bits per heavy atom. The average Bonchev–Trinajstić information content (AvgIpc) is 2.95. The van der Waals surface area contributed by atoms with Crippen molar-refractivity contribution in [2.24, 2.45) is 0 Å². The SMILES string of the molecule is Cc1cc(Cn2nnn(-c3ccc(F)c(C(F)(F)F)c3)c2=O)ccc1[N+](=O)[O-]. The molecule has 0 aliphatic rings. The van der Waals surface area contributed by atoms with Gasteiger partial charge in [0.05, 0.1) is 22.7 Å². The van der Waals surface area contributed by atoms with Crippen LogP contribution in [0.25, 0.3) is 5.69 Å². The van der Waals surface area contributed by atoms with Crippen LogP contribution >= 0.6 is 0 Å². The van der Waals surface area contributed by atoms with Crippen LogP contribution in [0, 0.1) is 22.9 Å². The Morgan fingerprint density at radius 3 is 2.46 bits per heavy atom. The highest BCUT2D eigenvalue weighted by Gasteiger charge is 2.34. The molecule has 0 bridgehead atoms. The van der Waals surface area contributed by atoms with E-state index >= 15 is 0 Å². The number of rotatable bonds is 4. The van der Waals surface area contributed by atoms with Crippen LogP contribution in [-0.4, -0.2) is 24.7 Å². The summed E-state index contributed by atoms with van der Waals surface area (Å²) in [6, 6.07) is 6.21. The lowest BCUT2D eigenvalue weighted by Crippen LogP contribution is -2.25. The van der Waals surface area contributed by atoms with Crippen LogP contribution in [-0.2, 0) is 12.7 Å². The maximum absolute atomic E-state index is 13.4. The highest BCUT2D eigenvalue weighted by Crippen LogP contribution is 2.32. The Kier molecular flexibility index (Phi) is 4.71. The van der Waals surface area contributed by atoms with Crippen molar-refractivity contribution in [1.82, 2.24) is 19.8 Å². The van der Waals surface area contributed by atoms with Crippen molar-refractivity contribution in [1.29, 1.82) is 0 Å². The molecule has 0 amide bonds. The van der Waals surface area contributed by atoms with E-state index in [0.717, 1.165) is 10.7 Å². The topological polar surface area (TPSA) is 95.8 Å². The van der Waals surface area contributed by atoms with E-state index in [2.05, 4.69) is 10.4 Å². The molecule has 0 aliphatic carbocycles. The monoisotopic (exact) mass is 397 g/mol. The molecule has 0 unspecified atom stereocenters. The highest BCUT2D eigenvalue weighted by molar-refractivity contribution is 5.42. The lowest BCUT2D eigenvalue weighted by Gasteiger charge is -2.09. The minimum Gasteiger partial charge on any atom is -0.258 e. The van der Waals surface area contributed by atoms with Crippen molar-refractivity contribution in [2.45, 2.75) is 19.6 Å². The number of nitrogens with zero attached hydrogens (tertiary/aromatic N) is 5. The molecule has 0 aliphatic heterocycles. The van der Waals surface area contributed by atoms with Crippen LogP contribution in [0.2, 0.25) is 0 Å². The number of benzene rings is 2. The molecule has 146 valence electrons. The van der Waals surface area contributed by atoms with Crippen molar-refractivity contribution in [3.8, 4) is 5.69 Å². The van der Waals surface area contributed by atoms with Crippen molar-refractivity contribution >= 4 is 5.69 Å². The van der Waals surface area contributed by atoms with E-state index in [-0.39, 0.29) is 17.9 Å². The molecule has 3 rings (SSSR count). The van der Waals surface area contributed by atoms with Crippen molar-refractivity contribution in [3.05, 3.63) is 79.5 Å². The van der Waals surface area contributed by atoms with Crippen LogP contribution in [0.5, 0.6) is 0 Å². The van der Waals surface area contributed by atoms with Gasteiger partial charge in [-0.15, -0.1) is 0 Å². The number of nitro groups is 1. The molecule has 2 aromatic carbocycles. The van der Waals surface area contributed by atoms with E-state index in [4.69, 9.17) is 0 Å². The second-order valence-electron chi connectivity index (χ2n) is 5.87. The maximum atomic E-state index is 13.4. The summed E-state index contributed by atoms with van der Waals surface area (Å²) in [4.78, 5) is 22.7. The van der Waals surface area contributed by atoms with Gasteiger partial charge in [-0.05, 0) is 47.2 Å². The smallest absolute Gasteiger partial charge is 0.258 e. The van der Waals surface area contributed by atoms with E-state index in [1.165, 1.54) is 25.1 Å². The first-order valence-corrected chi connectivity index (χ1v) is 7.72. The number of nitro benzene ring substituents is 1. The third kappa shape index (κ3) is 3.61. The minimum atomic E-state index is -4.93. The predicted molar refractivity (Wildman–Crippen MR) is 87.5 cm³/mol. The first kappa shape index (κ1) is 19.2. The van der Waals surface area contributed by atoms with E-state index in [1.807, 2.05) is 0 Å². The predicted octanol–water partition coefficient (Wildman–Crippen LogP) is 2.85. The van der Waals surface area contributed by atoms with Gasteiger partial charge < -0.3 is 0 Å². The molecule has 0 atom stereocenters. The first-order chi connectivity index (χ1) is 13.1. The Hall–Kier alpha value is -3.57. The lowest BCUT2D eigenvalue weighted by atomic mass is 10.1. The molecular weight excluding hydrogens is 386 g/mol. The van der Waals surface area contributed by atoms with Gasteiger partial charge in [-0.2, -0.15) is 22.5 Å². The van der Waals surface area contributed by atoms with Gasteiger partial charge in [0, 0.05) is 11.6 Å². The average molecular weight is 397 g/mol. The fourth-order valence-electron chi connectivity index (χ4n) is 2.59. The molecule has 0 saturated heterocycles. The molecule has 1 aromatic heterocycles. The van der Waals surface area contributed by atoms with E-state index < -0.39 is 28.2 Å². The Balaban J connectivity index is 1.94. The summed E-state index contributed by atoms with van der Waals surface area (Å²) in [6.45, 7) is 1.42.